The van der Waals surface area contributed by atoms with Crippen LogP contribution in [-0.2, 0) is 25.5 Å². The molecule has 0 aromatic heterocycles. The summed E-state index contributed by atoms with van der Waals surface area (Å²) in [6.45, 7) is -1.31. The normalized spacial score (nSPS) is 17.3. The molecule has 14 heteroatoms. The fourth-order valence-corrected chi connectivity index (χ4v) is 3.97. The Balaban J connectivity index is 2.16. The van der Waals surface area contributed by atoms with Crippen LogP contribution in [0.25, 0.3) is 0 Å². The maximum atomic E-state index is 14.6. The molecule has 0 aliphatic carbocycles. The molecule has 0 radical (unpaired) electrons. The lowest BCUT2D eigenvalue weighted by molar-refractivity contribution is -0.326. The highest BCUT2D eigenvalue weighted by molar-refractivity contribution is 6.31. The predicted molar refractivity (Wildman–Crippen MR) is 111 cm³/mol. The fourth-order valence-electron chi connectivity index (χ4n) is 3.73. The molecule has 3 rings (SSSR count). The number of ether oxygens (including phenoxy) is 2. The number of benzene rings is 2. The first-order valence-electron chi connectivity index (χ1n) is 10.3. The van der Waals surface area contributed by atoms with Gasteiger partial charge in [0.05, 0.1) is 6.54 Å². The summed E-state index contributed by atoms with van der Waals surface area (Å²) in [5.41, 5.74) is 0.180. The third-order valence-electron chi connectivity index (χ3n) is 5.30. The fraction of sp³-hybridized carbons (Fsp3) is 0.364. The summed E-state index contributed by atoms with van der Waals surface area (Å²) < 4.78 is 102. The maximum absolute atomic E-state index is 14.6. The number of hydrogen-bond donors (Lipinski definition) is 1. The number of piperazine rings is 1. The van der Waals surface area contributed by atoms with E-state index in [4.69, 9.17) is 11.6 Å². The van der Waals surface area contributed by atoms with Crippen molar-refractivity contribution >= 4 is 23.5 Å². The van der Waals surface area contributed by atoms with Gasteiger partial charge in [-0.05, 0) is 24.1 Å². The van der Waals surface area contributed by atoms with Gasteiger partial charge in [-0.2, -0.15) is 26.3 Å². The summed E-state index contributed by atoms with van der Waals surface area (Å²) in [5.74, 6) is -9.75. The number of carbonyl (C=O) groups excluding carboxylic acids is 2. The molecule has 1 heterocycles. The van der Waals surface area contributed by atoms with Crippen LogP contribution in [0.2, 0.25) is 5.02 Å². The summed E-state index contributed by atoms with van der Waals surface area (Å²) in [7, 11) is 0. The molecule has 1 aliphatic heterocycles. The largest absolute Gasteiger partial charge is 0.491 e. The van der Waals surface area contributed by atoms with Gasteiger partial charge in [0.15, 0.2) is 0 Å². The smallest absolute Gasteiger partial charge is 0.400 e. The Labute approximate surface area is 204 Å². The molecule has 1 aliphatic rings. The Morgan fingerprint density at radius 1 is 0.972 bits per heavy atom. The molecule has 0 amide bonds. The first-order valence-corrected chi connectivity index (χ1v) is 10.7. The molecule has 1 unspecified atom stereocenters. The van der Waals surface area contributed by atoms with Crippen molar-refractivity contribution in [2.45, 2.75) is 30.7 Å². The number of halogens is 8. The Morgan fingerprint density at radius 3 is 2.08 bits per heavy atom. The minimum atomic E-state index is -5.63. The van der Waals surface area contributed by atoms with Gasteiger partial charge in [-0.1, -0.05) is 48.0 Å². The Kier molecular flexibility index (Phi) is 8.16. The summed E-state index contributed by atoms with van der Waals surface area (Å²) in [6, 6.07) is 10.1. The number of nitrogens with one attached hydrogen (secondary N) is 1. The number of hydrogen-bond acceptors (Lipinski definition) is 6. The van der Waals surface area contributed by atoms with Gasteiger partial charge in [-0.3, -0.25) is 0 Å². The second-order valence-corrected chi connectivity index (χ2v) is 8.10. The van der Waals surface area contributed by atoms with Crippen molar-refractivity contribution in [1.29, 1.82) is 0 Å². The van der Waals surface area contributed by atoms with Gasteiger partial charge in [0.1, 0.15) is 5.82 Å². The number of rotatable bonds is 6. The standard InChI is InChI=1S/C22H18ClF7N2O4/c23-15-7-4-8-16(24)14(15)11-17(13-5-2-1-3-6-13)32-10-9-31-12-20(32,35-18(33)21(25,26)27)36-19(34)22(28,29)30/h1-8,17,31H,9-12H2. The van der Waals surface area contributed by atoms with Crippen LogP contribution in [0.3, 0.4) is 0 Å². The van der Waals surface area contributed by atoms with E-state index in [9.17, 15) is 40.3 Å². The third kappa shape index (κ3) is 6.26. The van der Waals surface area contributed by atoms with Crippen LogP contribution in [-0.4, -0.2) is 54.7 Å². The number of nitrogens with zero attached hydrogens (tertiary/aromatic N) is 1. The van der Waals surface area contributed by atoms with Crippen LogP contribution in [0.5, 0.6) is 0 Å². The number of alkyl halides is 6. The van der Waals surface area contributed by atoms with Crippen LogP contribution in [0.15, 0.2) is 48.5 Å². The summed E-state index contributed by atoms with van der Waals surface area (Å²) >= 11 is 6.12. The van der Waals surface area contributed by atoms with E-state index in [0.717, 1.165) is 11.0 Å². The van der Waals surface area contributed by atoms with Crippen LogP contribution in [0.1, 0.15) is 17.2 Å². The summed E-state index contributed by atoms with van der Waals surface area (Å²) in [6.07, 6.45) is -11.6. The lowest BCUT2D eigenvalue weighted by Crippen LogP contribution is -2.67. The number of carbonyl (C=O) groups is 2. The van der Waals surface area contributed by atoms with E-state index in [2.05, 4.69) is 14.8 Å². The minimum absolute atomic E-state index is 0.0107. The predicted octanol–water partition coefficient (Wildman–Crippen LogP) is 4.53. The van der Waals surface area contributed by atoms with Crippen LogP contribution in [0.4, 0.5) is 30.7 Å². The van der Waals surface area contributed by atoms with E-state index in [1.807, 2.05) is 0 Å². The Hall–Kier alpha value is -2.90. The SMILES string of the molecule is O=C(OC1(OC(=O)C(F)(F)F)CNCCN1C(Cc1c(F)cccc1Cl)c1ccccc1)C(F)(F)F. The zero-order chi connectivity index (χ0) is 26.7. The lowest BCUT2D eigenvalue weighted by atomic mass is 9.95. The third-order valence-corrected chi connectivity index (χ3v) is 5.66. The minimum Gasteiger partial charge on any atom is -0.400 e. The zero-order valence-electron chi connectivity index (χ0n) is 18.1. The first-order chi connectivity index (χ1) is 16.7. The van der Waals surface area contributed by atoms with E-state index in [1.165, 1.54) is 36.4 Å². The monoisotopic (exact) mass is 542 g/mol. The van der Waals surface area contributed by atoms with E-state index in [1.54, 1.807) is 6.07 Å². The number of esters is 2. The van der Waals surface area contributed by atoms with Crippen molar-refractivity contribution < 1.29 is 49.8 Å². The van der Waals surface area contributed by atoms with Crippen molar-refractivity contribution in [2.24, 2.45) is 0 Å². The Bertz CT molecular complexity index is 1050. The molecule has 6 nitrogen and oxygen atoms in total. The molecule has 196 valence electrons. The molecular weight excluding hydrogens is 525 g/mol. The lowest BCUT2D eigenvalue weighted by Gasteiger charge is -2.48. The van der Waals surface area contributed by atoms with Crippen LogP contribution >= 0.6 is 11.6 Å². The van der Waals surface area contributed by atoms with Crippen LogP contribution in [0, 0.1) is 5.82 Å². The van der Waals surface area contributed by atoms with Crippen LogP contribution < -0.4 is 5.32 Å². The molecular formula is C22H18ClF7N2O4. The Morgan fingerprint density at radius 2 is 1.56 bits per heavy atom. The zero-order valence-corrected chi connectivity index (χ0v) is 18.9. The molecule has 1 N–H and O–H groups in total. The molecule has 2 aromatic rings. The molecule has 1 saturated heterocycles. The van der Waals surface area contributed by atoms with E-state index >= 15 is 0 Å². The topological polar surface area (TPSA) is 67.9 Å². The van der Waals surface area contributed by atoms with Gasteiger partial charge in [0.2, 0.25) is 0 Å². The van der Waals surface area contributed by atoms with Crippen molar-refractivity contribution in [1.82, 2.24) is 10.2 Å². The second kappa shape index (κ2) is 10.6. The molecule has 2 aromatic carbocycles. The summed E-state index contributed by atoms with van der Waals surface area (Å²) in [4.78, 5) is 24.4. The van der Waals surface area contributed by atoms with Gasteiger partial charge in [0, 0.05) is 29.7 Å². The van der Waals surface area contributed by atoms with Crippen molar-refractivity contribution in [2.75, 3.05) is 19.6 Å². The van der Waals surface area contributed by atoms with Crippen molar-refractivity contribution in [3.63, 3.8) is 0 Å². The van der Waals surface area contributed by atoms with Gasteiger partial charge < -0.3 is 14.8 Å². The average Bonchev–Trinajstić information content (AvgIpc) is 2.79. The average molecular weight is 543 g/mol. The van der Waals surface area contributed by atoms with E-state index in [0.29, 0.717) is 0 Å². The highest BCUT2D eigenvalue weighted by Gasteiger charge is 2.57. The molecule has 1 atom stereocenters. The summed E-state index contributed by atoms with van der Waals surface area (Å²) in [5, 5.41) is 2.42. The van der Waals surface area contributed by atoms with Gasteiger partial charge in [-0.15, -0.1) is 0 Å². The highest BCUT2D eigenvalue weighted by atomic mass is 35.5. The van der Waals surface area contributed by atoms with E-state index < -0.39 is 48.6 Å². The van der Waals surface area contributed by atoms with Gasteiger partial charge >= 0.3 is 30.2 Å². The molecule has 1 fully saturated rings. The van der Waals surface area contributed by atoms with Crippen molar-refractivity contribution in [3.8, 4) is 0 Å². The molecule has 0 saturated carbocycles. The second-order valence-electron chi connectivity index (χ2n) is 7.69. The molecule has 0 spiro atoms. The van der Waals surface area contributed by atoms with E-state index in [-0.39, 0.29) is 35.7 Å². The van der Waals surface area contributed by atoms with Gasteiger partial charge in [-0.25, -0.2) is 18.9 Å². The van der Waals surface area contributed by atoms with Gasteiger partial charge in [0.25, 0.3) is 0 Å². The first kappa shape index (κ1) is 27.7. The van der Waals surface area contributed by atoms with Crippen molar-refractivity contribution in [3.05, 3.63) is 70.5 Å². The quantitative estimate of drug-likeness (QED) is 0.329. The molecule has 0 bridgehead atoms. The highest BCUT2D eigenvalue weighted by Crippen LogP contribution is 2.38. The maximum Gasteiger partial charge on any atom is 0.491 e. The molecule has 36 heavy (non-hydrogen) atoms.